The molecule has 2 aromatic rings. The fourth-order valence-corrected chi connectivity index (χ4v) is 4.59. The molecule has 0 bridgehead atoms. The van der Waals surface area contributed by atoms with Gasteiger partial charge in [-0.15, -0.1) is 0 Å². The van der Waals surface area contributed by atoms with Gasteiger partial charge in [0.1, 0.15) is 11.6 Å². The summed E-state index contributed by atoms with van der Waals surface area (Å²) in [6.07, 6.45) is 3.88. The molecule has 32 heavy (non-hydrogen) atoms. The van der Waals surface area contributed by atoms with Crippen LogP contribution in [0, 0.1) is 0 Å². The summed E-state index contributed by atoms with van der Waals surface area (Å²) >= 11 is 0. The Morgan fingerprint density at radius 3 is 2.66 bits per heavy atom. The van der Waals surface area contributed by atoms with E-state index in [1.54, 1.807) is 12.0 Å². The number of ether oxygens (including phenoxy) is 1. The second-order valence-corrected chi connectivity index (χ2v) is 8.42. The minimum Gasteiger partial charge on any atom is -0.497 e. The minimum atomic E-state index is -0.259. The minimum absolute atomic E-state index is 0.0167. The van der Waals surface area contributed by atoms with Gasteiger partial charge in [-0.1, -0.05) is 19.1 Å². The van der Waals surface area contributed by atoms with Crippen molar-refractivity contribution in [2.75, 3.05) is 20.2 Å². The van der Waals surface area contributed by atoms with Gasteiger partial charge in [0.05, 0.1) is 31.8 Å². The third-order valence-electron chi connectivity index (χ3n) is 6.40. The molecule has 0 radical (unpaired) electrons. The Labute approximate surface area is 187 Å². The van der Waals surface area contributed by atoms with Gasteiger partial charge >= 0.3 is 0 Å². The zero-order valence-electron chi connectivity index (χ0n) is 18.7. The number of aromatic amines is 1. The summed E-state index contributed by atoms with van der Waals surface area (Å²) in [5.41, 5.74) is 2.08. The van der Waals surface area contributed by atoms with Crippen molar-refractivity contribution < 1.29 is 14.3 Å². The van der Waals surface area contributed by atoms with Gasteiger partial charge in [0, 0.05) is 25.1 Å². The Balaban J connectivity index is 1.57. The summed E-state index contributed by atoms with van der Waals surface area (Å²) in [5.74, 6) is 1.36. The highest BCUT2D eigenvalue weighted by Crippen LogP contribution is 2.30. The van der Waals surface area contributed by atoms with Crippen LogP contribution in [0.25, 0.3) is 0 Å². The van der Waals surface area contributed by atoms with E-state index in [2.05, 4.69) is 4.98 Å². The van der Waals surface area contributed by atoms with E-state index in [0.29, 0.717) is 49.6 Å². The quantitative estimate of drug-likeness (QED) is 0.773. The molecule has 0 spiro atoms. The Morgan fingerprint density at radius 2 is 1.94 bits per heavy atom. The van der Waals surface area contributed by atoms with Gasteiger partial charge in [-0.05, 0) is 43.4 Å². The van der Waals surface area contributed by atoms with Crippen molar-refractivity contribution in [3.8, 4) is 5.75 Å². The van der Waals surface area contributed by atoms with Crippen LogP contribution < -0.4 is 10.3 Å². The molecule has 8 heteroatoms. The number of benzene rings is 1. The number of methoxy groups -OCH3 is 1. The second kappa shape index (κ2) is 9.54. The molecule has 1 N–H and O–H groups in total. The van der Waals surface area contributed by atoms with Gasteiger partial charge in [-0.3, -0.25) is 14.4 Å². The first-order valence-electron chi connectivity index (χ1n) is 11.3. The Bertz CT molecular complexity index is 1050. The van der Waals surface area contributed by atoms with E-state index in [-0.39, 0.29) is 29.8 Å². The molecule has 0 aliphatic carbocycles. The maximum Gasteiger partial charge on any atom is 0.254 e. The fourth-order valence-electron chi connectivity index (χ4n) is 4.59. The molecule has 8 nitrogen and oxygen atoms in total. The molecule has 4 rings (SSSR count). The molecule has 0 saturated carbocycles. The summed E-state index contributed by atoms with van der Waals surface area (Å²) in [6, 6.07) is 7.23. The van der Waals surface area contributed by atoms with Crippen molar-refractivity contribution in [2.45, 2.75) is 58.0 Å². The van der Waals surface area contributed by atoms with Crippen LogP contribution >= 0.6 is 0 Å². The number of carbonyl (C=O) groups is 2. The number of fused-ring (bicyclic) bond motifs is 1. The molecule has 3 heterocycles. The number of hydrogen-bond donors (Lipinski definition) is 1. The van der Waals surface area contributed by atoms with Crippen molar-refractivity contribution in [3.63, 3.8) is 0 Å². The molecule has 2 aliphatic heterocycles. The van der Waals surface area contributed by atoms with Crippen LogP contribution in [-0.2, 0) is 29.0 Å². The van der Waals surface area contributed by atoms with Crippen LogP contribution in [-0.4, -0.2) is 51.8 Å². The standard InChI is InChI=1S/C24H30N4O4/c1-3-21(29)27-13-11-18-19(15-27)25-23(26-24(18)31)20-6-4-5-12-28(20)22(30)14-16-7-9-17(32-2)10-8-16/h7-10,20H,3-6,11-15H2,1-2H3,(H,25,26,31). The first-order chi connectivity index (χ1) is 15.5. The van der Waals surface area contributed by atoms with Gasteiger partial charge in [0.15, 0.2) is 0 Å². The Hall–Kier alpha value is -3.16. The van der Waals surface area contributed by atoms with Crippen LogP contribution in [0.4, 0.5) is 0 Å². The van der Waals surface area contributed by atoms with Crippen LogP contribution in [0.2, 0.25) is 0 Å². The summed E-state index contributed by atoms with van der Waals surface area (Å²) < 4.78 is 5.19. The van der Waals surface area contributed by atoms with E-state index in [4.69, 9.17) is 9.72 Å². The van der Waals surface area contributed by atoms with Crippen molar-refractivity contribution in [1.82, 2.24) is 19.8 Å². The molecule has 1 atom stereocenters. The van der Waals surface area contributed by atoms with Gasteiger partial charge in [0.25, 0.3) is 5.56 Å². The molecule has 1 aromatic carbocycles. The predicted molar refractivity (Wildman–Crippen MR) is 119 cm³/mol. The number of piperidine rings is 1. The van der Waals surface area contributed by atoms with Crippen LogP contribution in [0.1, 0.15) is 61.3 Å². The lowest BCUT2D eigenvalue weighted by molar-refractivity contribution is -0.134. The Kier molecular flexibility index (Phi) is 6.58. The lowest BCUT2D eigenvalue weighted by atomic mass is 9.99. The molecule has 2 aliphatic rings. The normalized spacial score (nSPS) is 18.2. The maximum atomic E-state index is 13.2. The zero-order valence-corrected chi connectivity index (χ0v) is 18.7. The van der Waals surface area contributed by atoms with Gasteiger partial charge in [-0.25, -0.2) is 4.98 Å². The number of aromatic nitrogens is 2. The SMILES string of the molecule is CCC(=O)N1CCc2c(nc(C3CCCCN3C(=O)Cc3ccc(OC)cc3)[nH]c2=O)C1. The van der Waals surface area contributed by atoms with Crippen molar-refractivity contribution in [1.29, 1.82) is 0 Å². The molecule has 1 fully saturated rings. The highest BCUT2D eigenvalue weighted by molar-refractivity contribution is 5.79. The van der Waals surface area contributed by atoms with Gasteiger partial charge < -0.3 is 19.5 Å². The number of amides is 2. The molecular weight excluding hydrogens is 408 g/mol. The van der Waals surface area contributed by atoms with Crippen molar-refractivity contribution in [3.05, 3.63) is 57.3 Å². The highest BCUT2D eigenvalue weighted by Gasteiger charge is 2.31. The smallest absolute Gasteiger partial charge is 0.254 e. The topological polar surface area (TPSA) is 95.6 Å². The van der Waals surface area contributed by atoms with Crippen LogP contribution in [0.15, 0.2) is 29.1 Å². The number of hydrogen-bond acceptors (Lipinski definition) is 5. The van der Waals surface area contributed by atoms with Crippen molar-refractivity contribution in [2.24, 2.45) is 0 Å². The molecular formula is C24H30N4O4. The molecule has 1 saturated heterocycles. The summed E-state index contributed by atoms with van der Waals surface area (Å²) in [5, 5.41) is 0. The lowest BCUT2D eigenvalue weighted by Gasteiger charge is -2.36. The first-order valence-corrected chi connectivity index (χ1v) is 11.3. The highest BCUT2D eigenvalue weighted by atomic mass is 16.5. The fraction of sp³-hybridized carbons (Fsp3) is 0.500. The average Bonchev–Trinajstić information content (AvgIpc) is 2.83. The van der Waals surface area contributed by atoms with Crippen molar-refractivity contribution >= 4 is 11.8 Å². The number of rotatable bonds is 5. The summed E-state index contributed by atoms with van der Waals surface area (Å²) in [7, 11) is 1.61. The van der Waals surface area contributed by atoms with Crippen LogP contribution in [0.5, 0.6) is 5.75 Å². The zero-order chi connectivity index (χ0) is 22.7. The van der Waals surface area contributed by atoms with E-state index in [0.717, 1.165) is 30.6 Å². The monoisotopic (exact) mass is 438 g/mol. The number of likely N-dealkylation sites (tertiary alicyclic amines) is 1. The van der Waals surface area contributed by atoms with E-state index in [1.165, 1.54) is 0 Å². The van der Waals surface area contributed by atoms with Crippen LogP contribution in [0.3, 0.4) is 0 Å². The predicted octanol–water partition coefficient (Wildman–Crippen LogP) is 2.37. The number of nitrogens with one attached hydrogen (secondary N) is 1. The largest absolute Gasteiger partial charge is 0.497 e. The van der Waals surface area contributed by atoms with Gasteiger partial charge in [-0.2, -0.15) is 0 Å². The number of carbonyl (C=O) groups excluding carboxylic acids is 2. The van der Waals surface area contributed by atoms with E-state index < -0.39 is 0 Å². The maximum absolute atomic E-state index is 13.2. The molecule has 170 valence electrons. The summed E-state index contributed by atoms with van der Waals surface area (Å²) in [4.78, 5) is 49.4. The number of nitrogens with zero attached hydrogens (tertiary/aromatic N) is 3. The number of H-pyrrole nitrogens is 1. The van der Waals surface area contributed by atoms with E-state index in [9.17, 15) is 14.4 Å². The third kappa shape index (κ3) is 4.54. The average molecular weight is 439 g/mol. The van der Waals surface area contributed by atoms with E-state index >= 15 is 0 Å². The first kappa shape index (κ1) is 22.0. The molecule has 2 amide bonds. The Morgan fingerprint density at radius 1 is 1.16 bits per heavy atom. The molecule has 1 unspecified atom stereocenters. The third-order valence-corrected chi connectivity index (χ3v) is 6.40. The van der Waals surface area contributed by atoms with E-state index in [1.807, 2.05) is 36.1 Å². The lowest BCUT2D eigenvalue weighted by Crippen LogP contribution is -2.42. The summed E-state index contributed by atoms with van der Waals surface area (Å²) in [6.45, 7) is 3.37. The van der Waals surface area contributed by atoms with Gasteiger partial charge in [0.2, 0.25) is 11.8 Å². The second-order valence-electron chi connectivity index (χ2n) is 8.42. The molecule has 1 aromatic heterocycles.